The van der Waals surface area contributed by atoms with Gasteiger partial charge in [0, 0.05) is 13.1 Å². The molecule has 4 rings (SSSR count). The lowest BCUT2D eigenvalue weighted by Gasteiger charge is -2.24. The van der Waals surface area contributed by atoms with Crippen LogP contribution in [0.25, 0.3) is 0 Å². The fourth-order valence-electron chi connectivity index (χ4n) is 3.15. The standard InChI is InChI=1S/C17H18N2O3S/c20-17(19-6-1-2-14(19)13-5-7-23-10-13)18-9-12-3-4-15-16(8-12)22-11-21-15/h3-5,7-8,10,14H,1-2,6,9,11H2,(H,18,20). The van der Waals surface area contributed by atoms with Crippen molar-refractivity contribution >= 4 is 17.4 Å². The molecule has 2 aliphatic heterocycles. The van der Waals surface area contributed by atoms with E-state index in [4.69, 9.17) is 9.47 Å². The lowest BCUT2D eigenvalue weighted by molar-refractivity contribution is 0.174. The molecule has 0 aliphatic carbocycles. The van der Waals surface area contributed by atoms with Gasteiger partial charge in [0.15, 0.2) is 11.5 Å². The summed E-state index contributed by atoms with van der Waals surface area (Å²) in [5.74, 6) is 1.51. The largest absolute Gasteiger partial charge is 0.454 e. The van der Waals surface area contributed by atoms with Gasteiger partial charge >= 0.3 is 6.03 Å². The molecule has 2 amide bonds. The summed E-state index contributed by atoms with van der Waals surface area (Å²) in [6.07, 6.45) is 2.09. The minimum atomic E-state index is -0.00336. The van der Waals surface area contributed by atoms with Gasteiger partial charge < -0.3 is 19.7 Å². The number of nitrogens with zero attached hydrogens (tertiary/aromatic N) is 1. The first-order chi connectivity index (χ1) is 11.3. The van der Waals surface area contributed by atoms with Crippen LogP contribution in [0.5, 0.6) is 11.5 Å². The summed E-state index contributed by atoms with van der Waals surface area (Å²) >= 11 is 1.68. The van der Waals surface area contributed by atoms with Gasteiger partial charge in [0.2, 0.25) is 6.79 Å². The topological polar surface area (TPSA) is 50.8 Å². The Bertz CT molecular complexity index is 702. The number of carbonyl (C=O) groups excluding carboxylic acids is 1. The van der Waals surface area contributed by atoms with Gasteiger partial charge in [0.05, 0.1) is 6.04 Å². The Labute approximate surface area is 138 Å². The Balaban J connectivity index is 1.40. The molecule has 1 saturated heterocycles. The van der Waals surface area contributed by atoms with Crippen molar-refractivity contribution in [1.82, 2.24) is 10.2 Å². The van der Waals surface area contributed by atoms with Crippen LogP contribution in [0.15, 0.2) is 35.0 Å². The summed E-state index contributed by atoms with van der Waals surface area (Å²) in [6, 6.07) is 8.07. The van der Waals surface area contributed by atoms with Crippen molar-refractivity contribution in [3.63, 3.8) is 0 Å². The van der Waals surface area contributed by atoms with E-state index in [1.807, 2.05) is 23.1 Å². The van der Waals surface area contributed by atoms with E-state index in [2.05, 4.69) is 22.1 Å². The third kappa shape index (κ3) is 2.86. The molecule has 0 saturated carbocycles. The van der Waals surface area contributed by atoms with Crippen LogP contribution in [0.3, 0.4) is 0 Å². The number of thiophene rings is 1. The third-order valence-electron chi connectivity index (χ3n) is 4.32. The van der Waals surface area contributed by atoms with Crippen molar-refractivity contribution in [3.05, 3.63) is 46.2 Å². The first kappa shape index (κ1) is 14.4. The van der Waals surface area contributed by atoms with Crippen LogP contribution >= 0.6 is 11.3 Å². The van der Waals surface area contributed by atoms with Gasteiger partial charge in [-0.25, -0.2) is 4.79 Å². The summed E-state index contributed by atoms with van der Waals surface area (Å²) in [6.45, 7) is 1.57. The molecule has 5 nitrogen and oxygen atoms in total. The van der Waals surface area contributed by atoms with E-state index in [0.29, 0.717) is 6.54 Å². The van der Waals surface area contributed by atoms with Crippen molar-refractivity contribution in [2.45, 2.75) is 25.4 Å². The molecule has 2 aliphatic rings. The predicted octanol–water partition coefficient (Wildman–Crippen LogP) is 3.52. The van der Waals surface area contributed by atoms with Gasteiger partial charge in [-0.05, 0) is 52.9 Å². The molecule has 120 valence electrons. The number of ether oxygens (including phenoxy) is 2. The summed E-state index contributed by atoms with van der Waals surface area (Å²) in [4.78, 5) is 14.5. The van der Waals surface area contributed by atoms with Gasteiger partial charge in [-0.15, -0.1) is 0 Å². The second-order valence-electron chi connectivity index (χ2n) is 5.75. The van der Waals surface area contributed by atoms with E-state index in [9.17, 15) is 4.79 Å². The molecule has 0 spiro atoms. The van der Waals surface area contributed by atoms with Crippen LogP contribution in [0.1, 0.15) is 30.0 Å². The van der Waals surface area contributed by atoms with Crippen LogP contribution < -0.4 is 14.8 Å². The molecule has 1 atom stereocenters. The van der Waals surface area contributed by atoms with Crippen molar-refractivity contribution in [1.29, 1.82) is 0 Å². The smallest absolute Gasteiger partial charge is 0.318 e. The maximum absolute atomic E-state index is 12.5. The average Bonchev–Trinajstić information content (AvgIpc) is 3.32. The van der Waals surface area contributed by atoms with Gasteiger partial charge in [-0.3, -0.25) is 0 Å². The lowest BCUT2D eigenvalue weighted by Crippen LogP contribution is -2.39. The molecule has 0 radical (unpaired) electrons. The number of nitrogens with one attached hydrogen (secondary N) is 1. The molecule has 1 aromatic carbocycles. The molecular formula is C17H18N2O3S. The van der Waals surface area contributed by atoms with Gasteiger partial charge in [-0.1, -0.05) is 6.07 Å². The fourth-order valence-corrected chi connectivity index (χ4v) is 3.86. The van der Waals surface area contributed by atoms with Gasteiger partial charge in [0.1, 0.15) is 0 Å². The normalized spacial score (nSPS) is 19.1. The average molecular weight is 330 g/mol. The number of urea groups is 1. The number of amides is 2. The van der Waals surface area contributed by atoms with Crippen molar-refractivity contribution in [3.8, 4) is 11.5 Å². The van der Waals surface area contributed by atoms with Crippen LogP contribution in [0, 0.1) is 0 Å². The highest BCUT2D eigenvalue weighted by atomic mass is 32.1. The number of carbonyl (C=O) groups is 1. The summed E-state index contributed by atoms with van der Waals surface area (Å²) in [5.41, 5.74) is 2.25. The monoisotopic (exact) mass is 330 g/mol. The minimum Gasteiger partial charge on any atom is -0.454 e. The predicted molar refractivity (Wildman–Crippen MR) is 87.8 cm³/mol. The number of hydrogen-bond donors (Lipinski definition) is 1. The van der Waals surface area contributed by atoms with E-state index >= 15 is 0 Å². The van der Waals surface area contributed by atoms with Crippen LogP contribution in [-0.2, 0) is 6.54 Å². The summed E-state index contributed by atoms with van der Waals surface area (Å²) in [5, 5.41) is 7.22. The van der Waals surface area contributed by atoms with Crippen LogP contribution in [0.4, 0.5) is 4.79 Å². The SMILES string of the molecule is O=C(NCc1ccc2c(c1)OCO2)N1CCCC1c1ccsc1. The van der Waals surface area contributed by atoms with Crippen LogP contribution in [-0.4, -0.2) is 24.3 Å². The van der Waals surface area contributed by atoms with E-state index in [-0.39, 0.29) is 18.9 Å². The highest BCUT2D eigenvalue weighted by molar-refractivity contribution is 7.07. The summed E-state index contributed by atoms with van der Waals surface area (Å²) in [7, 11) is 0. The second-order valence-corrected chi connectivity index (χ2v) is 6.53. The number of rotatable bonds is 3. The first-order valence-corrected chi connectivity index (χ1v) is 8.70. The highest BCUT2D eigenvalue weighted by Gasteiger charge is 2.30. The minimum absolute atomic E-state index is 0.00336. The molecule has 2 aromatic rings. The van der Waals surface area contributed by atoms with E-state index in [1.165, 1.54) is 5.56 Å². The molecule has 1 fully saturated rings. The third-order valence-corrected chi connectivity index (χ3v) is 5.02. The molecule has 3 heterocycles. The van der Waals surface area contributed by atoms with E-state index in [1.54, 1.807) is 11.3 Å². The molecule has 23 heavy (non-hydrogen) atoms. The second kappa shape index (κ2) is 6.12. The molecular weight excluding hydrogens is 312 g/mol. The Morgan fingerprint density at radius 2 is 2.22 bits per heavy atom. The number of benzene rings is 1. The number of fused-ring (bicyclic) bond motifs is 1. The Morgan fingerprint density at radius 3 is 3.09 bits per heavy atom. The Hall–Kier alpha value is -2.21. The zero-order valence-electron chi connectivity index (χ0n) is 12.7. The lowest BCUT2D eigenvalue weighted by atomic mass is 10.1. The highest BCUT2D eigenvalue weighted by Crippen LogP contribution is 2.34. The number of hydrogen-bond acceptors (Lipinski definition) is 4. The van der Waals surface area contributed by atoms with Crippen molar-refractivity contribution in [2.75, 3.05) is 13.3 Å². The van der Waals surface area contributed by atoms with Gasteiger partial charge in [-0.2, -0.15) is 11.3 Å². The molecule has 1 unspecified atom stereocenters. The maximum atomic E-state index is 12.5. The first-order valence-electron chi connectivity index (χ1n) is 7.76. The fraction of sp³-hybridized carbons (Fsp3) is 0.353. The maximum Gasteiger partial charge on any atom is 0.318 e. The van der Waals surface area contributed by atoms with Crippen LogP contribution in [0.2, 0.25) is 0 Å². The van der Waals surface area contributed by atoms with E-state index in [0.717, 1.165) is 36.4 Å². The van der Waals surface area contributed by atoms with Crippen molar-refractivity contribution < 1.29 is 14.3 Å². The number of likely N-dealkylation sites (tertiary alicyclic amines) is 1. The summed E-state index contributed by atoms with van der Waals surface area (Å²) < 4.78 is 10.7. The Kier molecular flexibility index (Phi) is 3.83. The molecule has 0 bridgehead atoms. The van der Waals surface area contributed by atoms with Crippen molar-refractivity contribution in [2.24, 2.45) is 0 Å². The zero-order valence-corrected chi connectivity index (χ0v) is 13.5. The molecule has 1 N–H and O–H groups in total. The zero-order chi connectivity index (χ0) is 15.6. The molecule has 1 aromatic heterocycles. The molecule has 6 heteroatoms. The van der Waals surface area contributed by atoms with Gasteiger partial charge in [0.25, 0.3) is 0 Å². The Morgan fingerprint density at radius 1 is 1.30 bits per heavy atom. The quantitative estimate of drug-likeness (QED) is 0.937. The van der Waals surface area contributed by atoms with E-state index < -0.39 is 0 Å².